The van der Waals surface area contributed by atoms with Gasteiger partial charge in [-0.25, -0.2) is 0 Å². The van der Waals surface area contributed by atoms with Gasteiger partial charge in [0.05, 0.1) is 24.3 Å². The van der Waals surface area contributed by atoms with Crippen LogP contribution in [0, 0.1) is 0 Å². The summed E-state index contributed by atoms with van der Waals surface area (Å²) in [5, 5.41) is 3.70. The maximum Gasteiger partial charge on any atom is 0.223 e. The molecule has 2 aromatic rings. The van der Waals surface area contributed by atoms with Crippen molar-refractivity contribution >= 4 is 17.5 Å². The molecule has 1 amide bonds. The van der Waals surface area contributed by atoms with Gasteiger partial charge >= 0.3 is 0 Å². The maximum absolute atomic E-state index is 12.4. The average Bonchev–Trinajstić information content (AvgIpc) is 3.06. The third-order valence-electron chi connectivity index (χ3n) is 3.91. The molecule has 0 unspecified atom stereocenters. The molecular weight excluding hydrogens is 312 g/mol. The molecular formula is C18H19ClN2O2. The second kappa shape index (κ2) is 7.57. The number of hydrogen-bond donors (Lipinski definition) is 1. The van der Waals surface area contributed by atoms with E-state index in [0.717, 1.165) is 30.7 Å². The lowest BCUT2D eigenvalue weighted by atomic mass is 10.0. The first-order chi connectivity index (χ1) is 11.2. The Morgan fingerprint density at radius 2 is 2.26 bits per heavy atom. The summed E-state index contributed by atoms with van der Waals surface area (Å²) in [6, 6.07) is 12.8. The molecule has 1 fully saturated rings. The average molecular weight is 331 g/mol. The van der Waals surface area contributed by atoms with E-state index in [0.29, 0.717) is 11.4 Å². The zero-order valence-electron chi connectivity index (χ0n) is 12.7. The third kappa shape index (κ3) is 4.30. The Morgan fingerprint density at radius 3 is 2.96 bits per heavy atom. The Kier molecular flexibility index (Phi) is 5.26. The fourth-order valence-corrected chi connectivity index (χ4v) is 2.99. The van der Waals surface area contributed by atoms with Crippen molar-refractivity contribution in [1.82, 2.24) is 10.3 Å². The van der Waals surface area contributed by atoms with Gasteiger partial charge in [-0.3, -0.25) is 9.78 Å². The first kappa shape index (κ1) is 16.0. The standard InChI is InChI=1S/C18H19ClN2O2/c19-14-6-3-5-13(11-14)18(16-8-1-2-9-20-16)21-17(22)12-15-7-4-10-23-15/h1-3,5-6,8-9,11,15,18H,4,7,10,12H2,(H,21,22)/t15-,18-/m0/s1. The summed E-state index contributed by atoms with van der Waals surface area (Å²) < 4.78 is 5.54. The van der Waals surface area contributed by atoms with E-state index in [1.807, 2.05) is 42.5 Å². The summed E-state index contributed by atoms with van der Waals surface area (Å²) in [6.07, 6.45) is 4.09. The van der Waals surface area contributed by atoms with Gasteiger partial charge in [-0.15, -0.1) is 0 Å². The van der Waals surface area contributed by atoms with E-state index < -0.39 is 0 Å². The smallest absolute Gasteiger partial charge is 0.223 e. The topological polar surface area (TPSA) is 51.2 Å². The zero-order valence-corrected chi connectivity index (χ0v) is 13.5. The molecule has 1 aliphatic heterocycles. The van der Waals surface area contributed by atoms with Gasteiger partial charge in [-0.05, 0) is 42.7 Å². The second-order valence-corrected chi connectivity index (χ2v) is 6.09. The van der Waals surface area contributed by atoms with Crippen LogP contribution < -0.4 is 5.32 Å². The number of carbonyl (C=O) groups is 1. The summed E-state index contributed by atoms with van der Waals surface area (Å²) in [7, 11) is 0. The molecule has 4 nitrogen and oxygen atoms in total. The molecule has 2 heterocycles. The summed E-state index contributed by atoms with van der Waals surface area (Å²) in [5.74, 6) is -0.0347. The van der Waals surface area contributed by atoms with Crippen molar-refractivity contribution in [2.75, 3.05) is 6.61 Å². The maximum atomic E-state index is 12.4. The molecule has 5 heteroatoms. The highest BCUT2D eigenvalue weighted by molar-refractivity contribution is 6.30. The molecule has 0 spiro atoms. The molecule has 1 N–H and O–H groups in total. The number of amides is 1. The zero-order chi connectivity index (χ0) is 16.1. The summed E-state index contributed by atoms with van der Waals surface area (Å²) in [5.41, 5.74) is 1.70. The predicted octanol–water partition coefficient (Wildman–Crippen LogP) is 3.51. The summed E-state index contributed by atoms with van der Waals surface area (Å²) in [4.78, 5) is 16.8. The van der Waals surface area contributed by atoms with Crippen molar-refractivity contribution in [3.8, 4) is 0 Å². The number of nitrogens with one attached hydrogen (secondary N) is 1. The van der Waals surface area contributed by atoms with Crippen LogP contribution in [0.4, 0.5) is 0 Å². The van der Waals surface area contributed by atoms with Crippen LogP contribution in [0.3, 0.4) is 0 Å². The molecule has 3 rings (SSSR count). The number of rotatable bonds is 5. The fourth-order valence-electron chi connectivity index (χ4n) is 2.79. The number of benzene rings is 1. The Bertz CT molecular complexity index is 657. The number of carbonyl (C=O) groups excluding carboxylic acids is 1. The minimum atomic E-state index is -0.316. The van der Waals surface area contributed by atoms with Gasteiger partial charge in [-0.1, -0.05) is 29.8 Å². The molecule has 23 heavy (non-hydrogen) atoms. The minimum absolute atomic E-state index is 0.0266. The van der Waals surface area contributed by atoms with Gasteiger partial charge in [0, 0.05) is 17.8 Å². The van der Waals surface area contributed by atoms with E-state index >= 15 is 0 Å². The van der Waals surface area contributed by atoms with Crippen molar-refractivity contribution in [2.24, 2.45) is 0 Å². The van der Waals surface area contributed by atoms with Crippen molar-refractivity contribution in [2.45, 2.75) is 31.4 Å². The number of aromatic nitrogens is 1. The van der Waals surface area contributed by atoms with E-state index in [9.17, 15) is 4.79 Å². The first-order valence-electron chi connectivity index (χ1n) is 7.80. The van der Waals surface area contributed by atoms with Gasteiger partial charge in [0.1, 0.15) is 0 Å². The Balaban J connectivity index is 1.79. The number of nitrogens with zero attached hydrogens (tertiary/aromatic N) is 1. The van der Waals surface area contributed by atoms with Gasteiger partial charge in [0.25, 0.3) is 0 Å². The molecule has 0 aliphatic carbocycles. The summed E-state index contributed by atoms with van der Waals surface area (Å²) in [6.45, 7) is 0.746. The third-order valence-corrected chi connectivity index (χ3v) is 4.14. The van der Waals surface area contributed by atoms with E-state index in [1.54, 1.807) is 6.20 Å². The van der Waals surface area contributed by atoms with Gasteiger partial charge in [0.15, 0.2) is 0 Å². The van der Waals surface area contributed by atoms with Crippen LogP contribution in [0.1, 0.15) is 36.6 Å². The lowest BCUT2D eigenvalue weighted by molar-refractivity contribution is -0.123. The monoisotopic (exact) mass is 330 g/mol. The normalized spacial score (nSPS) is 18.6. The summed E-state index contributed by atoms with van der Waals surface area (Å²) >= 11 is 6.10. The lowest BCUT2D eigenvalue weighted by Crippen LogP contribution is -2.32. The van der Waals surface area contributed by atoms with Crippen molar-refractivity contribution < 1.29 is 9.53 Å². The number of ether oxygens (including phenoxy) is 1. The van der Waals surface area contributed by atoms with Crippen molar-refractivity contribution in [3.05, 3.63) is 64.9 Å². The van der Waals surface area contributed by atoms with E-state index in [-0.39, 0.29) is 18.1 Å². The van der Waals surface area contributed by atoms with Crippen molar-refractivity contribution in [3.63, 3.8) is 0 Å². The van der Waals surface area contributed by atoms with Crippen molar-refractivity contribution in [1.29, 1.82) is 0 Å². The number of hydrogen-bond acceptors (Lipinski definition) is 3. The van der Waals surface area contributed by atoms with Gasteiger partial charge < -0.3 is 10.1 Å². The van der Waals surface area contributed by atoms with Gasteiger partial charge in [-0.2, -0.15) is 0 Å². The SMILES string of the molecule is O=C(C[C@@H]1CCCO1)N[C@@H](c1cccc(Cl)c1)c1ccccn1. The lowest BCUT2D eigenvalue weighted by Gasteiger charge is -2.20. The quantitative estimate of drug-likeness (QED) is 0.912. The minimum Gasteiger partial charge on any atom is -0.378 e. The van der Waals surface area contributed by atoms with E-state index in [1.165, 1.54) is 0 Å². The Labute approximate surface area is 140 Å². The Hall–Kier alpha value is -1.91. The van der Waals surface area contributed by atoms with Crippen LogP contribution in [0.2, 0.25) is 5.02 Å². The molecule has 1 aliphatic rings. The molecule has 0 radical (unpaired) electrons. The van der Waals surface area contributed by atoms with E-state index in [4.69, 9.17) is 16.3 Å². The van der Waals surface area contributed by atoms with Crippen LogP contribution in [0.5, 0.6) is 0 Å². The molecule has 120 valence electrons. The fraction of sp³-hybridized carbons (Fsp3) is 0.333. The van der Waals surface area contributed by atoms with E-state index in [2.05, 4.69) is 10.3 Å². The molecule has 2 atom stereocenters. The number of pyridine rings is 1. The van der Waals surface area contributed by atoms with Crippen LogP contribution in [0.15, 0.2) is 48.7 Å². The van der Waals surface area contributed by atoms with Crippen LogP contribution in [-0.2, 0) is 9.53 Å². The molecule has 1 saturated heterocycles. The highest BCUT2D eigenvalue weighted by Crippen LogP contribution is 2.24. The predicted molar refractivity (Wildman–Crippen MR) is 89.3 cm³/mol. The van der Waals surface area contributed by atoms with Gasteiger partial charge in [0.2, 0.25) is 5.91 Å². The largest absolute Gasteiger partial charge is 0.378 e. The molecule has 1 aromatic carbocycles. The Morgan fingerprint density at radius 1 is 1.35 bits per heavy atom. The first-order valence-corrected chi connectivity index (χ1v) is 8.17. The second-order valence-electron chi connectivity index (χ2n) is 5.65. The molecule has 0 bridgehead atoms. The van der Waals surface area contributed by atoms with Crippen LogP contribution >= 0.6 is 11.6 Å². The number of halogens is 1. The molecule has 0 saturated carbocycles. The highest BCUT2D eigenvalue weighted by Gasteiger charge is 2.23. The van der Waals surface area contributed by atoms with Crippen LogP contribution in [-0.4, -0.2) is 23.6 Å². The molecule has 1 aromatic heterocycles. The van der Waals surface area contributed by atoms with Crippen LogP contribution in [0.25, 0.3) is 0 Å². The highest BCUT2D eigenvalue weighted by atomic mass is 35.5.